The number of methoxy groups -OCH3 is 2. The second-order valence-corrected chi connectivity index (χ2v) is 6.42. The van der Waals surface area contributed by atoms with Gasteiger partial charge < -0.3 is 20.1 Å². The number of carbonyl (C=O) groups excluding carboxylic acids is 1. The number of pyridine rings is 1. The molecule has 7 heteroatoms. The Labute approximate surface area is 168 Å². The van der Waals surface area contributed by atoms with Crippen LogP contribution in [-0.2, 0) is 0 Å². The Morgan fingerprint density at radius 2 is 1.75 bits per heavy atom. The zero-order valence-corrected chi connectivity index (χ0v) is 16.5. The number of benzene rings is 2. The van der Waals surface area contributed by atoms with Crippen LogP contribution in [0.4, 0.5) is 17.1 Å². The maximum Gasteiger partial charge on any atom is 0.274 e. The summed E-state index contributed by atoms with van der Waals surface area (Å²) < 4.78 is 10.6. The Morgan fingerprint density at radius 3 is 2.46 bits per heavy atom. The van der Waals surface area contributed by atoms with E-state index >= 15 is 0 Å². The minimum absolute atomic E-state index is 0.285. The van der Waals surface area contributed by atoms with Crippen LogP contribution >= 0.6 is 11.6 Å². The number of para-hydroxylation sites is 1. The molecular weight excluding hydrogens is 378 g/mol. The van der Waals surface area contributed by atoms with Gasteiger partial charge in [0.25, 0.3) is 5.91 Å². The van der Waals surface area contributed by atoms with Crippen molar-refractivity contribution in [2.45, 2.75) is 6.92 Å². The molecule has 0 spiro atoms. The summed E-state index contributed by atoms with van der Waals surface area (Å²) in [6.45, 7) is 1.93. The van der Waals surface area contributed by atoms with Gasteiger partial charge in [0, 0.05) is 29.7 Å². The Kier molecular flexibility index (Phi) is 6.01. The Morgan fingerprint density at radius 1 is 1.00 bits per heavy atom. The molecule has 0 bridgehead atoms. The van der Waals surface area contributed by atoms with Gasteiger partial charge in [-0.2, -0.15) is 0 Å². The second-order valence-electron chi connectivity index (χ2n) is 6.01. The molecule has 28 heavy (non-hydrogen) atoms. The van der Waals surface area contributed by atoms with Gasteiger partial charge in [-0.25, -0.2) is 0 Å². The lowest BCUT2D eigenvalue weighted by atomic mass is 10.2. The number of nitrogens with one attached hydrogen (secondary N) is 2. The summed E-state index contributed by atoms with van der Waals surface area (Å²) in [5, 5.41) is 6.53. The molecule has 0 aliphatic heterocycles. The average Bonchev–Trinajstić information content (AvgIpc) is 2.70. The van der Waals surface area contributed by atoms with Crippen LogP contribution in [0.2, 0.25) is 5.02 Å². The summed E-state index contributed by atoms with van der Waals surface area (Å²) in [5.41, 5.74) is 3.33. The molecule has 0 radical (unpaired) electrons. The van der Waals surface area contributed by atoms with E-state index in [4.69, 9.17) is 21.1 Å². The lowest BCUT2D eigenvalue weighted by molar-refractivity contribution is 0.102. The number of carbonyl (C=O) groups is 1. The van der Waals surface area contributed by atoms with E-state index in [0.29, 0.717) is 27.9 Å². The summed E-state index contributed by atoms with van der Waals surface area (Å²) >= 11 is 6.14. The van der Waals surface area contributed by atoms with Crippen molar-refractivity contribution in [2.75, 3.05) is 24.9 Å². The van der Waals surface area contributed by atoms with Crippen molar-refractivity contribution in [1.29, 1.82) is 0 Å². The minimum Gasteiger partial charge on any atom is -0.495 e. The van der Waals surface area contributed by atoms with Crippen molar-refractivity contribution in [3.8, 4) is 11.5 Å². The van der Waals surface area contributed by atoms with Crippen LogP contribution in [0.15, 0.2) is 54.7 Å². The van der Waals surface area contributed by atoms with Crippen LogP contribution in [-0.4, -0.2) is 25.1 Å². The molecule has 0 aliphatic rings. The van der Waals surface area contributed by atoms with Gasteiger partial charge in [-0.3, -0.25) is 9.78 Å². The topological polar surface area (TPSA) is 72.5 Å². The minimum atomic E-state index is -0.293. The maximum atomic E-state index is 12.6. The molecule has 1 aromatic heterocycles. The SMILES string of the molecule is COc1cc(Nc2ccnc(C(=O)Nc3ccccc3C)c2)c(OC)cc1Cl. The number of halogens is 1. The van der Waals surface area contributed by atoms with Crippen LogP contribution < -0.4 is 20.1 Å². The molecule has 3 aromatic rings. The van der Waals surface area contributed by atoms with Crippen LogP contribution in [0.1, 0.15) is 16.1 Å². The van der Waals surface area contributed by atoms with E-state index in [1.54, 1.807) is 37.6 Å². The van der Waals surface area contributed by atoms with E-state index in [9.17, 15) is 4.79 Å². The van der Waals surface area contributed by atoms with Crippen LogP contribution in [0.3, 0.4) is 0 Å². The Bertz CT molecular complexity index is 1010. The first-order valence-corrected chi connectivity index (χ1v) is 8.91. The predicted octanol–water partition coefficient (Wildman–Crippen LogP) is 5.06. The summed E-state index contributed by atoms with van der Waals surface area (Å²) in [5.74, 6) is 0.767. The van der Waals surface area contributed by atoms with Crippen molar-refractivity contribution in [3.63, 3.8) is 0 Å². The van der Waals surface area contributed by atoms with Crippen molar-refractivity contribution < 1.29 is 14.3 Å². The monoisotopic (exact) mass is 397 g/mol. The highest BCUT2D eigenvalue weighted by Gasteiger charge is 2.13. The van der Waals surface area contributed by atoms with E-state index in [2.05, 4.69) is 15.6 Å². The molecule has 2 N–H and O–H groups in total. The number of ether oxygens (including phenoxy) is 2. The molecule has 0 saturated heterocycles. The van der Waals surface area contributed by atoms with E-state index in [0.717, 1.165) is 11.3 Å². The fourth-order valence-electron chi connectivity index (χ4n) is 2.65. The molecule has 144 valence electrons. The fraction of sp³-hybridized carbons (Fsp3) is 0.143. The van der Waals surface area contributed by atoms with E-state index < -0.39 is 0 Å². The van der Waals surface area contributed by atoms with E-state index in [1.165, 1.54) is 7.11 Å². The maximum absolute atomic E-state index is 12.6. The predicted molar refractivity (Wildman–Crippen MR) is 111 cm³/mol. The zero-order chi connectivity index (χ0) is 20.1. The van der Waals surface area contributed by atoms with Gasteiger partial charge in [0.05, 0.1) is 24.9 Å². The fourth-order valence-corrected chi connectivity index (χ4v) is 2.88. The smallest absolute Gasteiger partial charge is 0.274 e. The van der Waals surface area contributed by atoms with Crippen LogP contribution in [0.25, 0.3) is 0 Å². The van der Waals surface area contributed by atoms with E-state index in [-0.39, 0.29) is 11.6 Å². The van der Waals surface area contributed by atoms with Gasteiger partial charge in [-0.15, -0.1) is 0 Å². The molecule has 2 aromatic carbocycles. The number of nitrogens with zero attached hydrogens (tertiary/aromatic N) is 1. The normalized spacial score (nSPS) is 10.3. The van der Waals surface area contributed by atoms with Gasteiger partial charge in [0.1, 0.15) is 17.2 Å². The third-order valence-corrected chi connectivity index (χ3v) is 4.43. The lowest BCUT2D eigenvalue weighted by Crippen LogP contribution is -2.14. The molecule has 0 aliphatic carbocycles. The molecule has 0 fully saturated rings. The highest BCUT2D eigenvalue weighted by atomic mass is 35.5. The lowest BCUT2D eigenvalue weighted by Gasteiger charge is -2.14. The molecule has 0 unspecified atom stereocenters. The Balaban J connectivity index is 1.84. The molecule has 1 amide bonds. The third kappa shape index (κ3) is 4.35. The highest BCUT2D eigenvalue weighted by molar-refractivity contribution is 6.32. The van der Waals surface area contributed by atoms with Crippen molar-refractivity contribution in [2.24, 2.45) is 0 Å². The highest BCUT2D eigenvalue weighted by Crippen LogP contribution is 2.37. The Hall–Kier alpha value is -3.25. The van der Waals surface area contributed by atoms with Gasteiger partial charge >= 0.3 is 0 Å². The van der Waals surface area contributed by atoms with Crippen molar-refractivity contribution in [1.82, 2.24) is 4.98 Å². The first-order chi connectivity index (χ1) is 13.5. The second kappa shape index (κ2) is 8.63. The third-order valence-electron chi connectivity index (χ3n) is 4.14. The van der Waals surface area contributed by atoms with Crippen LogP contribution in [0.5, 0.6) is 11.5 Å². The standard InChI is InChI=1S/C21H20ClN3O3/c1-13-6-4-5-7-16(13)25-21(26)18-10-14(8-9-23-18)24-17-12-19(27-2)15(22)11-20(17)28-3/h4-12H,1-3H3,(H,23,24)(H,25,26). The van der Waals surface area contributed by atoms with Crippen molar-refractivity contribution >= 4 is 34.6 Å². The van der Waals surface area contributed by atoms with E-state index in [1.807, 2.05) is 31.2 Å². The molecule has 6 nitrogen and oxygen atoms in total. The first-order valence-electron chi connectivity index (χ1n) is 8.53. The molecular formula is C21H20ClN3O3. The quantitative estimate of drug-likeness (QED) is 0.608. The number of rotatable bonds is 6. The van der Waals surface area contributed by atoms with Gasteiger partial charge in [-0.1, -0.05) is 29.8 Å². The van der Waals surface area contributed by atoms with Gasteiger partial charge in [0.2, 0.25) is 0 Å². The number of hydrogen-bond acceptors (Lipinski definition) is 5. The van der Waals surface area contributed by atoms with Crippen LogP contribution in [0, 0.1) is 6.92 Å². The molecule has 1 heterocycles. The molecule has 0 saturated carbocycles. The number of amides is 1. The average molecular weight is 398 g/mol. The summed E-state index contributed by atoms with van der Waals surface area (Å²) in [7, 11) is 3.09. The summed E-state index contributed by atoms with van der Waals surface area (Å²) in [6.07, 6.45) is 1.56. The van der Waals surface area contributed by atoms with Crippen molar-refractivity contribution in [3.05, 3.63) is 71.0 Å². The number of anilines is 3. The summed E-state index contributed by atoms with van der Waals surface area (Å²) in [4.78, 5) is 16.7. The summed E-state index contributed by atoms with van der Waals surface area (Å²) in [6, 6.07) is 14.4. The molecule has 0 atom stereocenters. The largest absolute Gasteiger partial charge is 0.495 e. The van der Waals surface area contributed by atoms with Gasteiger partial charge in [-0.05, 0) is 30.7 Å². The molecule has 3 rings (SSSR count). The van der Waals surface area contributed by atoms with Gasteiger partial charge in [0.15, 0.2) is 0 Å². The number of hydrogen-bond donors (Lipinski definition) is 2. The number of aromatic nitrogens is 1. The zero-order valence-electron chi connectivity index (χ0n) is 15.7. The number of aryl methyl sites for hydroxylation is 1. The first kappa shape index (κ1) is 19.5.